The average molecular weight is 397 g/mol. The molecule has 8 nitrogen and oxygen atoms in total. The Morgan fingerprint density at radius 3 is 2.60 bits per heavy atom. The van der Waals surface area contributed by atoms with Gasteiger partial charge in [0.1, 0.15) is 11.4 Å². The van der Waals surface area contributed by atoms with Crippen LogP contribution >= 0.6 is 0 Å². The van der Waals surface area contributed by atoms with Crippen molar-refractivity contribution in [3.8, 4) is 40.5 Å². The first-order valence-corrected chi connectivity index (χ1v) is 9.36. The third kappa shape index (κ3) is 4.01. The molecule has 0 atom stereocenters. The van der Waals surface area contributed by atoms with Gasteiger partial charge in [0.05, 0.1) is 17.3 Å². The first kappa shape index (κ1) is 19.2. The molecule has 4 aromatic rings. The van der Waals surface area contributed by atoms with Gasteiger partial charge in [-0.2, -0.15) is 10.4 Å². The highest BCUT2D eigenvalue weighted by atomic mass is 16.5. The molecule has 0 aliphatic heterocycles. The van der Waals surface area contributed by atoms with Crippen LogP contribution in [0.5, 0.6) is 11.6 Å². The molecule has 148 valence electrons. The fourth-order valence-electron chi connectivity index (χ4n) is 2.99. The summed E-state index contributed by atoms with van der Waals surface area (Å²) in [7, 11) is 1.77. The minimum atomic E-state index is 0.488. The quantitative estimate of drug-likeness (QED) is 0.531. The Morgan fingerprint density at radius 2 is 1.90 bits per heavy atom. The van der Waals surface area contributed by atoms with Crippen molar-refractivity contribution in [2.75, 3.05) is 6.54 Å². The van der Waals surface area contributed by atoms with Gasteiger partial charge in [-0.1, -0.05) is 6.07 Å². The van der Waals surface area contributed by atoms with Crippen LogP contribution < -0.4 is 10.5 Å². The van der Waals surface area contributed by atoms with Crippen LogP contribution in [-0.4, -0.2) is 31.3 Å². The van der Waals surface area contributed by atoms with Crippen molar-refractivity contribution in [1.29, 1.82) is 5.26 Å². The van der Waals surface area contributed by atoms with Crippen LogP contribution in [0.25, 0.3) is 22.8 Å². The van der Waals surface area contributed by atoms with E-state index in [0.717, 1.165) is 23.2 Å². The molecule has 0 saturated heterocycles. The molecule has 3 heterocycles. The van der Waals surface area contributed by atoms with Gasteiger partial charge >= 0.3 is 0 Å². The number of nitriles is 1. The molecule has 0 amide bonds. The Morgan fingerprint density at radius 1 is 1.07 bits per heavy atom. The van der Waals surface area contributed by atoms with Gasteiger partial charge in [0, 0.05) is 37.3 Å². The maximum atomic E-state index is 9.33. The molecule has 8 heteroatoms. The first-order chi connectivity index (χ1) is 14.7. The van der Waals surface area contributed by atoms with Crippen LogP contribution in [0.2, 0.25) is 0 Å². The van der Waals surface area contributed by atoms with Crippen molar-refractivity contribution in [3.63, 3.8) is 0 Å². The molecule has 4 rings (SSSR count). The molecule has 0 aliphatic rings. The number of ether oxygens (including phenoxy) is 1. The molecule has 0 spiro atoms. The molecule has 2 N–H and O–H groups in total. The second-order valence-corrected chi connectivity index (χ2v) is 6.58. The molecule has 0 bridgehead atoms. The third-order valence-electron chi connectivity index (χ3n) is 4.49. The summed E-state index contributed by atoms with van der Waals surface area (Å²) in [6.07, 6.45) is 5.89. The van der Waals surface area contributed by atoms with E-state index in [4.69, 9.17) is 10.5 Å². The second-order valence-electron chi connectivity index (χ2n) is 6.58. The van der Waals surface area contributed by atoms with Gasteiger partial charge in [0.15, 0.2) is 5.82 Å². The molecule has 0 unspecified atom stereocenters. The van der Waals surface area contributed by atoms with Crippen molar-refractivity contribution in [2.45, 2.75) is 6.42 Å². The highest BCUT2D eigenvalue weighted by Gasteiger charge is 2.15. The Kier molecular flexibility index (Phi) is 5.46. The van der Waals surface area contributed by atoms with Gasteiger partial charge in [-0.15, -0.1) is 0 Å². The summed E-state index contributed by atoms with van der Waals surface area (Å²) in [4.78, 5) is 13.0. The Labute approximate surface area is 173 Å². The molecule has 0 aliphatic carbocycles. The Hall–Kier alpha value is -4.09. The number of nitrogens with zero attached hydrogens (tertiary/aromatic N) is 6. The van der Waals surface area contributed by atoms with E-state index < -0.39 is 0 Å². The van der Waals surface area contributed by atoms with E-state index in [-0.39, 0.29) is 0 Å². The number of hydrogen-bond donors (Lipinski definition) is 1. The summed E-state index contributed by atoms with van der Waals surface area (Å²) in [6.45, 7) is 0.570. The van der Waals surface area contributed by atoms with Crippen LogP contribution in [0.4, 0.5) is 0 Å². The molecule has 1 aromatic carbocycles. The lowest BCUT2D eigenvalue weighted by Crippen LogP contribution is -2.03. The second kappa shape index (κ2) is 8.51. The van der Waals surface area contributed by atoms with Gasteiger partial charge in [0.25, 0.3) is 0 Å². The van der Waals surface area contributed by atoms with E-state index >= 15 is 0 Å². The Balaban J connectivity index is 1.70. The predicted octanol–water partition coefficient (Wildman–Crippen LogP) is 3.10. The maximum Gasteiger partial charge on any atom is 0.218 e. The van der Waals surface area contributed by atoms with Crippen molar-refractivity contribution < 1.29 is 4.74 Å². The number of rotatable bonds is 6. The smallest absolute Gasteiger partial charge is 0.218 e. The van der Waals surface area contributed by atoms with Crippen LogP contribution in [0.15, 0.2) is 61.1 Å². The number of aryl methyl sites for hydroxylation is 1. The monoisotopic (exact) mass is 397 g/mol. The fraction of sp³-hybridized carbons (Fsp3) is 0.136. The molecular weight excluding hydrogens is 378 g/mol. The average Bonchev–Trinajstić information content (AvgIpc) is 3.15. The lowest BCUT2D eigenvalue weighted by Gasteiger charge is -2.11. The topological polar surface area (TPSA) is 116 Å². The molecule has 0 fully saturated rings. The number of benzene rings is 1. The zero-order chi connectivity index (χ0) is 20.9. The van der Waals surface area contributed by atoms with E-state index in [2.05, 4.69) is 26.1 Å². The van der Waals surface area contributed by atoms with E-state index in [1.165, 1.54) is 0 Å². The minimum absolute atomic E-state index is 0.488. The maximum absolute atomic E-state index is 9.33. The van der Waals surface area contributed by atoms with Crippen molar-refractivity contribution in [1.82, 2.24) is 24.7 Å². The van der Waals surface area contributed by atoms with Gasteiger partial charge in [0.2, 0.25) is 5.88 Å². The van der Waals surface area contributed by atoms with Gasteiger partial charge in [-0.25, -0.2) is 14.6 Å². The fourth-order valence-corrected chi connectivity index (χ4v) is 2.99. The Bertz CT molecular complexity index is 1190. The summed E-state index contributed by atoms with van der Waals surface area (Å²) in [5.41, 5.74) is 9.27. The SMILES string of the molecule is Cn1nc(-c2ncccn2)cc1Oc1cc(C#N)ccc1-c1ccc(CCN)cn1. The van der Waals surface area contributed by atoms with E-state index in [9.17, 15) is 5.26 Å². The summed E-state index contributed by atoms with van der Waals surface area (Å²) in [5.74, 6) is 1.51. The van der Waals surface area contributed by atoms with Crippen molar-refractivity contribution in [2.24, 2.45) is 12.8 Å². The summed E-state index contributed by atoms with van der Waals surface area (Å²) in [5, 5.41) is 13.8. The lowest BCUT2D eigenvalue weighted by molar-refractivity contribution is 0.432. The predicted molar refractivity (Wildman–Crippen MR) is 111 cm³/mol. The van der Waals surface area contributed by atoms with E-state index in [1.54, 1.807) is 54.6 Å². The molecular formula is C22H19N7O. The largest absolute Gasteiger partial charge is 0.439 e. The highest BCUT2D eigenvalue weighted by Crippen LogP contribution is 2.34. The number of hydrogen-bond acceptors (Lipinski definition) is 7. The van der Waals surface area contributed by atoms with Crippen molar-refractivity contribution >= 4 is 0 Å². The zero-order valence-corrected chi connectivity index (χ0v) is 16.4. The number of nitrogens with two attached hydrogens (primary N) is 1. The van der Waals surface area contributed by atoms with Crippen LogP contribution in [0.3, 0.4) is 0 Å². The summed E-state index contributed by atoms with van der Waals surface area (Å²) >= 11 is 0. The van der Waals surface area contributed by atoms with Crippen molar-refractivity contribution in [3.05, 3.63) is 72.2 Å². The molecule has 0 saturated carbocycles. The standard InChI is InChI=1S/C22H19N7O/c1-29-21(12-19(28-29)22-25-9-2-10-26-22)30-20-11-16(13-24)3-5-17(20)18-6-4-15(7-8-23)14-27-18/h2-6,9-12,14H,7-8,23H2,1H3. The van der Waals surface area contributed by atoms with Gasteiger partial charge < -0.3 is 10.5 Å². The first-order valence-electron chi connectivity index (χ1n) is 9.36. The van der Waals surface area contributed by atoms with Gasteiger partial charge in [-0.3, -0.25) is 4.98 Å². The highest BCUT2D eigenvalue weighted by molar-refractivity contribution is 5.69. The third-order valence-corrected chi connectivity index (χ3v) is 4.49. The molecule has 3 aromatic heterocycles. The zero-order valence-electron chi connectivity index (χ0n) is 16.4. The number of pyridine rings is 1. The lowest BCUT2D eigenvalue weighted by atomic mass is 10.1. The van der Waals surface area contributed by atoms with Crippen LogP contribution in [0.1, 0.15) is 11.1 Å². The summed E-state index contributed by atoms with van der Waals surface area (Å²) < 4.78 is 7.75. The minimum Gasteiger partial charge on any atom is -0.439 e. The molecule has 30 heavy (non-hydrogen) atoms. The van der Waals surface area contributed by atoms with E-state index in [1.807, 2.05) is 18.2 Å². The normalized spacial score (nSPS) is 10.6. The van der Waals surface area contributed by atoms with E-state index in [0.29, 0.717) is 35.3 Å². The van der Waals surface area contributed by atoms with Crippen LogP contribution in [-0.2, 0) is 13.5 Å². The van der Waals surface area contributed by atoms with Gasteiger partial charge in [-0.05, 0) is 48.9 Å². The molecule has 0 radical (unpaired) electrons. The van der Waals surface area contributed by atoms with Crippen LogP contribution in [0, 0.1) is 11.3 Å². The number of aromatic nitrogens is 5. The summed E-state index contributed by atoms with van der Waals surface area (Å²) in [6, 6.07) is 14.8.